The van der Waals surface area contributed by atoms with E-state index in [1.165, 1.54) is 19.3 Å². The lowest BCUT2D eigenvalue weighted by molar-refractivity contribution is -0.127. The third-order valence-electron chi connectivity index (χ3n) is 5.25. The van der Waals surface area contributed by atoms with Crippen molar-refractivity contribution in [1.29, 1.82) is 0 Å². The van der Waals surface area contributed by atoms with Gasteiger partial charge in [-0.1, -0.05) is 83.4 Å². The Hall–Kier alpha value is -2.59. The highest BCUT2D eigenvalue weighted by atomic mass is 16.5. The van der Waals surface area contributed by atoms with Crippen LogP contribution >= 0.6 is 0 Å². The smallest absolute Gasteiger partial charge is 0.237 e. The van der Waals surface area contributed by atoms with Gasteiger partial charge in [-0.05, 0) is 18.4 Å². The van der Waals surface area contributed by atoms with Gasteiger partial charge in [0.2, 0.25) is 11.8 Å². The molecular formula is C29H54N4O5. The third kappa shape index (κ3) is 20.5. The van der Waals surface area contributed by atoms with Crippen LogP contribution in [0.2, 0.25) is 0 Å². The van der Waals surface area contributed by atoms with E-state index >= 15 is 0 Å². The van der Waals surface area contributed by atoms with Gasteiger partial charge in [-0.15, -0.1) is 6.58 Å². The molecule has 1 fully saturated rings. The Balaban J connectivity index is -0.000000962. The first-order chi connectivity index (χ1) is 18.5. The van der Waals surface area contributed by atoms with Crippen LogP contribution in [0, 0.1) is 0 Å². The number of hydrogen-bond donors (Lipinski definition) is 4. The molecule has 2 amide bonds. The molecule has 0 aromatic heterocycles. The van der Waals surface area contributed by atoms with Crippen molar-refractivity contribution in [3.8, 4) is 0 Å². The van der Waals surface area contributed by atoms with Gasteiger partial charge in [0.25, 0.3) is 0 Å². The van der Waals surface area contributed by atoms with E-state index in [1.54, 1.807) is 6.08 Å². The molecule has 0 unspecified atom stereocenters. The van der Waals surface area contributed by atoms with Gasteiger partial charge in [0.15, 0.2) is 0 Å². The Labute approximate surface area is 231 Å². The highest BCUT2D eigenvalue weighted by Gasteiger charge is 2.30. The summed E-state index contributed by atoms with van der Waals surface area (Å²) >= 11 is 0. The second-order valence-electron chi connectivity index (χ2n) is 7.97. The average Bonchev–Trinajstić information content (AvgIpc) is 3.45. The Morgan fingerprint density at radius 3 is 2.29 bits per heavy atom. The van der Waals surface area contributed by atoms with Crippen molar-refractivity contribution in [2.24, 2.45) is 5.73 Å². The Morgan fingerprint density at radius 1 is 1.16 bits per heavy atom. The summed E-state index contributed by atoms with van der Waals surface area (Å²) in [5, 5.41) is 12.5. The van der Waals surface area contributed by atoms with Gasteiger partial charge < -0.3 is 31.0 Å². The fourth-order valence-electron chi connectivity index (χ4n) is 3.42. The topological polar surface area (TPSA) is 134 Å². The molecule has 2 atom stereocenters. The minimum absolute atomic E-state index is 0.0556. The number of unbranched alkanes of at least 4 members (excludes halogenated alkanes) is 2. The van der Waals surface area contributed by atoms with Gasteiger partial charge in [0.1, 0.15) is 6.79 Å². The number of rotatable bonds is 13. The van der Waals surface area contributed by atoms with Crippen LogP contribution in [0.4, 0.5) is 0 Å². The van der Waals surface area contributed by atoms with E-state index < -0.39 is 0 Å². The standard InChI is InChI=1S/C20H30N4O3.C5H12.C2H6.CH4O.CH2O/c1-2-11-22-19(25)10-12-23-20(26)18-9-6-13-24(18)15-27-14-17(21)16-7-4-3-5-8-16;1-3-5-4-2;3*1-2/h2-5,7-8,17-18H,1,6,9-15,21H2,(H,22,25)(H,23,26);3-5H2,1-2H3;1-2H3;2H,1H3;1H2/t17-,18+;;;;/m1..../s1. The maximum Gasteiger partial charge on any atom is 0.237 e. The number of nitrogens with two attached hydrogens (primary N) is 1. The van der Waals surface area contributed by atoms with Crippen LogP contribution in [0.5, 0.6) is 0 Å². The van der Waals surface area contributed by atoms with Crippen LogP contribution in [-0.2, 0) is 19.1 Å². The van der Waals surface area contributed by atoms with Crippen LogP contribution in [0.25, 0.3) is 0 Å². The number of likely N-dealkylation sites (tertiary alicyclic amines) is 1. The van der Waals surface area contributed by atoms with Gasteiger partial charge >= 0.3 is 0 Å². The number of carbonyl (C=O) groups excluding carboxylic acids is 3. The van der Waals surface area contributed by atoms with E-state index in [0.717, 1.165) is 32.1 Å². The highest BCUT2D eigenvalue weighted by molar-refractivity contribution is 5.83. The van der Waals surface area contributed by atoms with Gasteiger partial charge in [-0.3, -0.25) is 14.5 Å². The fourth-order valence-corrected chi connectivity index (χ4v) is 3.42. The molecule has 0 saturated carbocycles. The number of ether oxygens (including phenoxy) is 1. The Morgan fingerprint density at radius 2 is 1.76 bits per heavy atom. The predicted octanol–water partition coefficient (Wildman–Crippen LogP) is 3.58. The zero-order valence-corrected chi connectivity index (χ0v) is 24.4. The molecule has 9 nitrogen and oxygen atoms in total. The molecule has 1 saturated heterocycles. The third-order valence-corrected chi connectivity index (χ3v) is 5.25. The predicted molar refractivity (Wildman–Crippen MR) is 157 cm³/mol. The molecule has 0 spiro atoms. The maximum atomic E-state index is 12.4. The molecule has 1 aromatic rings. The van der Waals surface area contributed by atoms with Crippen molar-refractivity contribution in [1.82, 2.24) is 15.5 Å². The number of benzene rings is 1. The maximum absolute atomic E-state index is 12.4. The summed E-state index contributed by atoms with van der Waals surface area (Å²) in [6.07, 6.45) is 7.70. The second-order valence-corrected chi connectivity index (χ2v) is 7.97. The first-order valence-electron chi connectivity index (χ1n) is 13.5. The summed E-state index contributed by atoms with van der Waals surface area (Å²) in [5.41, 5.74) is 7.17. The Kier molecular flexibility index (Phi) is 32.2. The number of hydrogen-bond acceptors (Lipinski definition) is 7. The summed E-state index contributed by atoms with van der Waals surface area (Å²) in [5.74, 6) is -0.156. The van der Waals surface area contributed by atoms with E-state index in [9.17, 15) is 9.59 Å². The Bertz CT molecular complexity index is 674. The molecule has 9 heteroatoms. The lowest BCUT2D eigenvalue weighted by Crippen LogP contribution is -2.45. The molecule has 0 radical (unpaired) electrons. The van der Waals surface area contributed by atoms with E-state index in [0.29, 0.717) is 26.4 Å². The fraction of sp³-hybridized carbons (Fsp3) is 0.621. The normalized spacial score (nSPS) is 14.3. The number of aliphatic hydroxyl groups is 1. The zero-order valence-electron chi connectivity index (χ0n) is 24.4. The van der Waals surface area contributed by atoms with Crippen molar-refractivity contribution in [3.63, 3.8) is 0 Å². The first-order valence-corrected chi connectivity index (χ1v) is 13.5. The molecule has 0 bridgehead atoms. The van der Waals surface area contributed by atoms with Crippen molar-refractivity contribution in [2.75, 3.05) is 40.1 Å². The monoisotopic (exact) mass is 538 g/mol. The SMILES string of the molecule is C=CCNC(=O)CCNC(=O)[C@@H]1CCCN1COC[C@@H](N)c1ccccc1.C=O.CC.CCCCC.CO. The molecule has 2 rings (SSSR count). The molecule has 5 N–H and O–H groups in total. The minimum Gasteiger partial charge on any atom is -0.400 e. The van der Waals surface area contributed by atoms with Crippen LogP contribution in [0.1, 0.15) is 77.8 Å². The van der Waals surface area contributed by atoms with Crippen molar-refractivity contribution in [2.45, 2.75) is 78.3 Å². The van der Waals surface area contributed by atoms with Gasteiger partial charge in [0, 0.05) is 33.2 Å². The van der Waals surface area contributed by atoms with Crippen LogP contribution in [0.3, 0.4) is 0 Å². The lowest BCUT2D eigenvalue weighted by atomic mass is 10.1. The van der Waals surface area contributed by atoms with E-state index in [2.05, 4.69) is 31.1 Å². The number of nitrogens with zero attached hydrogens (tertiary/aromatic N) is 1. The number of aliphatic hydroxyl groups excluding tert-OH is 1. The highest BCUT2D eigenvalue weighted by Crippen LogP contribution is 2.18. The van der Waals surface area contributed by atoms with Gasteiger partial charge in [-0.25, -0.2) is 0 Å². The summed E-state index contributed by atoms with van der Waals surface area (Å²) in [6.45, 7) is 16.3. The molecule has 1 heterocycles. The van der Waals surface area contributed by atoms with Crippen LogP contribution in [0.15, 0.2) is 43.0 Å². The number of amides is 2. The minimum atomic E-state index is -0.214. The van der Waals surface area contributed by atoms with E-state index in [-0.39, 0.29) is 30.3 Å². The first kappa shape index (κ1) is 39.9. The molecule has 220 valence electrons. The molecule has 0 aliphatic carbocycles. The summed E-state index contributed by atoms with van der Waals surface area (Å²) in [6, 6.07) is 9.41. The zero-order chi connectivity index (χ0) is 29.6. The van der Waals surface area contributed by atoms with Gasteiger partial charge in [0.05, 0.1) is 25.4 Å². The van der Waals surface area contributed by atoms with Crippen LogP contribution < -0.4 is 16.4 Å². The lowest BCUT2D eigenvalue weighted by Gasteiger charge is -2.24. The van der Waals surface area contributed by atoms with Crippen molar-refractivity contribution < 1.29 is 24.2 Å². The summed E-state index contributed by atoms with van der Waals surface area (Å²) in [7, 11) is 1.00. The second kappa shape index (κ2) is 30.6. The largest absolute Gasteiger partial charge is 0.400 e. The molecule has 1 aliphatic heterocycles. The van der Waals surface area contributed by atoms with Crippen molar-refractivity contribution in [3.05, 3.63) is 48.6 Å². The number of carbonyl (C=O) groups is 3. The molecule has 1 aromatic carbocycles. The quantitative estimate of drug-likeness (QED) is 0.282. The number of nitrogens with one attached hydrogen (secondary N) is 2. The summed E-state index contributed by atoms with van der Waals surface area (Å²) in [4.78, 5) is 33.9. The molecular weight excluding hydrogens is 484 g/mol. The van der Waals surface area contributed by atoms with Crippen LogP contribution in [-0.4, -0.2) is 74.7 Å². The van der Waals surface area contributed by atoms with Gasteiger partial charge in [-0.2, -0.15) is 0 Å². The average molecular weight is 539 g/mol. The van der Waals surface area contributed by atoms with E-state index in [1.807, 2.05) is 55.9 Å². The van der Waals surface area contributed by atoms with Crippen molar-refractivity contribution >= 4 is 18.6 Å². The van der Waals surface area contributed by atoms with E-state index in [4.69, 9.17) is 20.4 Å². The summed E-state index contributed by atoms with van der Waals surface area (Å²) < 4.78 is 5.75. The molecule has 1 aliphatic rings. The molecule has 38 heavy (non-hydrogen) atoms.